The van der Waals surface area contributed by atoms with E-state index in [4.69, 9.17) is 4.74 Å². The van der Waals surface area contributed by atoms with E-state index in [1.54, 1.807) is 19.2 Å². The normalized spacial score (nSPS) is 33.1. The van der Waals surface area contributed by atoms with Crippen LogP contribution in [0.15, 0.2) is 54.6 Å². The maximum absolute atomic E-state index is 13.7. The summed E-state index contributed by atoms with van der Waals surface area (Å²) >= 11 is 0. The number of benzene rings is 3. The van der Waals surface area contributed by atoms with Gasteiger partial charge in [0.15, 0.2) is 0 Å². The summed E-state index contributed by atoms with van der Waals surface area (Å²) in [6, 6.07) is 15.2. The molecule has 3 saturated heterocycles. The minimum atomic E-state index is -4.82. The first-order valence-corrected chi connectivity index (χ1v) is 25.7. The first-order chi connectivity index (χ1) is 33.9. The predicted octanol–water partition coefficient (Wildman–Crippen LogP) is 14.1. The molecule has 3 aliphatic heterocycles. The van der Waals surface area contributed by atoms with Crippen molar-refractivity contribution in [1.29, 1.82) is 0 Å². The van der Waals surface area contributed by atoms with Gasteiger partial charge in [0.2, 0.25) is 0 Å². The first-order valence-electron chi connectivity index (χ1n) is 25.7. The average Bonchev–Trinajstić information content (AvgIpc) is 3.99. The van der Waals surface area contributed by atoms with E-state index in [-0.39, 0.29) is 41.0 Å². The van der Waals surface area contributed by atoms with Crippen molar-refractivity contribution in [2.24, 2.45) is 0 Å². The van der Waals surface area contributed by atoms with Crippen molar-refractivity contribution in [3.05, 3.63) is 88.0 Å². The number of likely N-dealkylation sites (N-methyl/N-ethyl adjacent to an activating group) is 1. The topological polar surface area (TPSA) is 37.4 Å². The number of ether oxygens (including phenoxy) is 3. The first kappa shape index (κ1) is 51.6. The Balaban J connectivity index is 0.000000125. The fourth-order valence-corrected chi connectivity index (χ4v) is 17.0. The Hall–Kier alpha value is -3.90. The van der Waals surface area contributed by atoms with Crippen molar-refractivity contribution in [3.8, 4) is 17.2 Å². The second-order valence-electron chi connectivity index (χ2n) is 22.1. The number of alkyl halides is 12. The lowest BCUT2D eigenvalue weighted by molar-refractivity contribution is -0.277. The Kier molecular flexibility index (Phi) is 12.8. The van der Waals surface area contributed by atoms with Crippen LogP contribution in [0.1, 0.15) is 149 Å². The molecule has 9 aliphatic rings. The highest BCUT2D eigenvalue weighted by atomic mass is 19.4. The molecule has 6 nitrogen and oxygen atoms in total. The number of hydrogen-bond donors (Lipinski definition) is 0. The lowest BCUT2D eigenvalue weighted by atomic mass is 9.53. The van der Waals surface area contributed by atoms with E-state index in [0.29, 0.717) is 68.3 Å². The second-order valence-corrected chi connectivity index (χ2v) is 22.1. The molecule has 3 heterocycles. The summed E-state index contributed by atoms with van der Waals surface area (Å²) in [4.78, 5) is 4.02. The van der Waals surface area contributed by atoms with Crippen LogP contribution >= 0.6 is 0 Å². The molecule has 0 bridgehead atoms. The third-order valence-corrected chi connectivity index (χ3v) is 19.7. The summed E-state index contributed by atoms with van der Waals surface area (Å²) in [5.74, 6) is 0.337. The summed E-state index contributed by atoms with van der Waals surface area (Å²) < 4.78 is 172. The van der Waals surface area contributed by atoms with Gasteiger partial charge in [-0.1, -0.05) is 56.7 Å². The van der Waals surface area contributed by atoms with Gasteiger partial charge in [0.1, 0.15) is 17.2 Å². The Bertz CT molecular complexity index is 2510. The molecule has 0 radical (unpaired) electrons. The SMILES string of the molecule is CN1CC[C@@]23CCCC[C@@]12CCc1ccc(OC(F)(F)F)cc13.COc1ccc2c(c1)[C@]13CCCC[C@@]1(CC2)N(C(F)(F)F)CC3.FC(F)(F)Oc1ccc2c(c1)[C@]13CCCC[C@@]1(CC2)N(C(F)(F)F)CC3. The van der Waals surface area contributed by atoms with Crippen LogP contribution in [-0.4, -0.2) is 90.4 Å². The van der Waals surface area contributed by atoms with Gasteiger partial charge >= 0.3 is 25.3 Å². The van der Waals surface area contributed by atoms with Gasteiger partial charge in [0.25, 0.3) is 0 Å². The van der Waals surface area contributed by atoms with E-state index < -0.39 is 41.8 Å². The summed E-state index contributed by atoms with van der Waals surface area (Å²) in [6.45, 7) is 1.05. The van der Waals surface area contributed by atoms with Crippen LogP contribution in [0.2, 0.25) is 0 Å². The van der Waals surface area contributed by atoms with Crippen LogP contribution in [0, 0.1) is 0 Å². The van der Waals surface area contributed by atoms with E-state index in [2.05, 4.69) is 27.5 Å². The molecular weight excluding hydrogens is 967 g/mol. The third kappa shape index (κ3) is 8.18. The molecule has 12 rings (SSSR count). The maximum atomic E-state index is 13.7. The van der Waals surface area contributed by atoms with E-state index in [1.165, 1.54) is 42.2 Å². The van der Waals surface area contributed by atoms with Crippen LogP contribution in [0.25, 0.3) is 0 Å². The van der Waals surface area contributed by atoms with Crippen molar-refractivity contribution < 1.29 is 66.9 Å². The van der Waals surface area contributed by atoms with E-state index >= 15 is 0 Å². The molecule has 0 spiro atoms. The van der Waals surface area contributed by atoms with Crippen molar-refractivity contribution in [2.45, 2.75) is 193 Å². The Morgan fingerprint density at radius 1 is 0.403 bits per heavy atom. The van der Waals surface area contributed by atoms with Crippen LogP contribution in [0.5, 0.6) is 17.2 Å². The Morgan fingerprint density at radius 2 is 0.736 bits per heavy atom. The quantitative estimate of drug-likeness (QED) is 0.192. The number of methoxy groups -OCH3 is 1. The summed E-state index contributed by atoms with van der Waals surface area (Å²) in [5.41, 5.74) is 3.38. The minimum Gasteiger partial charge on any atom is -0.497 e. The Morgan fingerprint density at radius 3 is 1.12 bits per heavy atom. The zero-order chi connectivity index (χ0) is 51.4. The molecule has 0 N–H and O–H groups in total. The molecule has 72 heavy (non-hydrogen) atoms. The third-order valence-electron chi connectivity index (χ3n) is 19.7. The highest BCUT2D eigenvalue weighted by molar-refractivity contribution is 5.51. The fraction of sp³-hybridized carbons (Fsp3) is 0.667. The van der Waals surface area contributed by atoms with E-state index in [0.717, 1.165) is 98.1 Å². The molecule has 6 aliphatic carbocycles. The maximum Gasteiger partial charge on any atom is 0.573 e. The molecule has 18 heteroatoms. The summed E-state index contributed by atoms with van der Waals surface area (Å²) in [5, 5.41) is 0. The van der Waals surface area contributed by atoms with Gasteiger partial charge in [-0.3, -0.25) is 4.90 Å². The second kappa shape index (κ2) is 17.9. The lowest BCUT2D eigenvalue weighted by Gasteiger charge is -2.56. The van der Waals surface area contributed by atoms with Gasteiger partial charge in [-0.2, -0.15) is 26.3 Å². The molecule has 396 valence electrons. The molecule has 0 unspecified atom stereocenters. The number of halogens is 12. The smallest absolute Gasteiger partial charge is 0.497 e. The van der Waals surface area contributed by atoms with Crippen molar-refractivity contribution in [3.63, 3.8) is 0 Å². The summed E-state index contributed by atoms with van der Waals surface area (Å²) in [6.07, 6.45) is -1.35. The number of fused-ring (bicyclic) bond motifs is 3. The summed E-state index contributed by atoms with van der Waals surface area (Å²) in [7, 11) is 3.81. The number of hydrogen-bond acceptors (Lipinski definition) is 6. The van der Waals surface area contributed by atoms with Gasteiger partial charge in [0, 0.05) is 46.0 Å². The van der Waals surface area contributed by atoms with Gasteiger partial charge in [-0.25, -0.2) is 9.80 Å². The number of rotatable bonds is 3. The van der Waals surface area contributed by atoms with Crippen LogP contribution in [-0.2, 0) is 35.5 Å². The van der Waals surface area contributed by atoms with Gasteiger partial charge in [-0.05, 0) is 180 Å². The molecule has 6 atom stereocenters. The number of nitrogens with zero attached hydrogens (tertiary/aromatic N) is 3. The predicted molar refractivity (Wildman–Crippen MR) is 245 cm³/mol. The molecule has 3 aromatic carbocycles. The monoisotopic (exact) mass is 1030 g/mol. The van der Waals surface area contributed by atoms with Crippen molar-refractivity contribution in [1.82, 2.24) is 14.7 Å². The highest BCUT2D eigenvalue weighted by Crippen LogP contribution is 2.65. The number of aryl methyl sites for hydroxylation is 3. The Labute approximate surface area is 412 Å². The molecule has 0 aromatic heterocycles. The van der Waals surface area contributed by atoms with Crippen LogP contribution in [0.3, 0.4) is 0 Å². The van der Waals surface area contributed by atoms with E-state index in [1.807, 2.05) is 18.2 Å². The lowest BCUT2D eigenvalue weighted by Crippen LogP contribution is -2.63. The van der Waals surface area contributed by atoms with Gasteiger partial charge in [0.05, 0.1) is 7.11 Å². The standard InChI is InChI=1S/C18H19F6NO.2C18H22F3NO/c19-17(20,21)25-10-9-15-6-1-2-7-16(15,25)8-5-12-3-4-13(11-14(12)15)26-18(22,23)24;1-23-14-5-4-13-6-9-17-8-3-2-7-16(17,15(13)12-14)10-11-22(17)18(19,20)21;1-22-11-10-16-7-2-3-8-17(16,22)9-6-13-4-5-14(12-15(13)16)23-18(19,20)21/h3-4,11H,1-2,5-10H2;2*4-5,12H,2-3,6-11H2,1H3/t15-,16+;2*16-,17+/m111/s1. The number of likely N-dealkylation sites (tertiary alicyclic amines) is 3. The molecular formula is C54H63F12N3O3. The molecule has 6 fully saturated rings. The zero-order valence-electron chi connectivity index (χ0n) is 40.8. The zero-order valence-corrected chi connectivity index (χ0v) is 40.8. The van der Waals surface area contributed by atoms with Gasteiger partial charge in [-0.15, -0.1) is 26.3 Å². The van der Waals surface area contributed by atoms with Crippen molar-refractivity contribution >= 4 is 0 Å². The molecule has 3 aromatic rings. The largest absolute Gasteiger partial charge is 0.573 e. The van der Waals surface area contributed by atoms with E-state index in [9.17, 15) is 52.7 Å². The average molecular weight is 1030 g/mol. The van der Waals surface area contributed by atoms with Gasteiger partial charge < -0.3 is 14.2 Å². The van der Waals surface area contributed by atoms with Crippen LogP contribution < -0.4 is 14.2 Å². The molecule has 0 amide bonds. The van der Waals surface area contributed by atoms with Crippen LogP contribution in [0.4, 0.5) is 52.7 Å². The van der Waals surface area contributed by atoms with Crippen molar-refractivity contribution in [2.75, 3.05) is 33.8 Å². The fourth-order valence-electron chi connectivity index (χ4n) is 17.0. The minimum absolute atomic E-state index is 0.0125. The molecule has 3 saturated carbocycles. The highest BCUT2D eigenvalue weighted by Gasteiger charge is 2.69.